The van der Waals surface area contributed by atoms with Gasteiger partial charge in [0.1, 0.15) is 11.4 Å². The summed E-state index contributed by atoms with van der Waals surface area (Å²) in [5, 5.41) is 13.2. The van der Waals surface area contributed by atoms with Gasteiger partial charge in [-0.2, -0.15) is 0 Å². The van der Waals surface area contributed by atoms with Crippen molar-refractivity contribution in [2.45, 2.75) is 5.16 Å². The Morgan fingerprint density at radius 2 is 2.05 bits per heavy atom. The normalized spacial score (nSPS) is 10.2. The van der Waals surface area contributed by atoms with Crippen LogP contribution in [0.15, 0.2) is 35.6 Å². The molecule has 0 saturated carbocycles. The number of carboxylic acid groups (broad SMARTS) is 1. The van der Waals surface area contributed by atoms with Crippen molar-refractivity contribution in [2.75, 3.05) is 11.6 Å². The minimum atomic E-state index is -1.08. The number of hydrogen-bond acceptors (Lipinski definition) is 5. The second-order valence-electron chi connectivity index (χ2n) is 3.56. The second-order valence-corrected chi connectivity index (χ2v) is 4.77. The van der Waals surface area contributed by atoms with E-state index in [1.807, 2.05) is 6.26 Å². The highest BCUT2D eigenvalue weighted by Gasteiger charge is 2.13. The van der Waals surface area contributed by atoms with Gasteiger partial charge in [-0.3, -0.25) is 0 Å². The van der Waals surface area contributed by atoms with Crippen molar-refractivity contribution < 1.29 is 9.90 Å². The predicted octanol–water partition coefficient (Wildman–Crippen LogP) is 3.29. The van der Waals surface area contributed by atoms with Gasteiger partial charge in [0.05, 0.1) is 0 Å². The highest BCUT2D eigenvalue weighted by molar-refractivity contribution is 7.98. The lowest BCUT2D eigenvalue weighted by atomic mass is 10.3. The van der Waals surface area contributed by atoms with E-state index in [-0.39, 0.29) is 11.4 Å². The van der Waals surface area contributed by atoms with E-state index < -0.39 is 5.97 Å². The summed E-state index contributed by atoms with van der Waals surface area (Å²) in [4.78, 5) is 19.2. The molecule has 0 fully saturated rings. The van der Waals surface area contributed by atoms with E-state index in [1.54, 1.807) is 24.3 Å². The maximum Gasteiger partial charge on any atom is 0.341 e. The topological polar surface area (TPSA) is 75.1 Å². The lowest BCUT2D eigenvalue weighted by Gasteiger charge is -2.09. The van der Waals surface area contributed by atoms with Gasteiger partial charge in [0, 0.05) is 16.9 Å². The smallest absolute Gasteiger partial charge is 0.341 e. The van der Waals surface area contributed by atoms with Gasteiger partial charge < -0.3 is 10.4 Å². The largest absolute Gasteiger partial charge is 0.477 e. The Hall–Kier alpha value is -1.79. The highest BCUT2D eigenvalue weighted by Crippen LogP contribution is 2.22. The molecule has 1 heterocycles. The monoisotopic (exact) mass is 295 g/mol. The number of anilines is 2. The van der Waals surface area contributed by atoms with Crippen molar-refractivity contribution in [3.63, 3.8) is 0 Å². The first kappa shape index (κ1) is 13.6. The molecule has 0 amide bonds. The van der Waals surface area contributed by atoms with E-state index in [1.165, 1.54) is 18.0 Å². The number of hydrogen-bond donors (Lipinski definition) is 2. The first-order valence-corrected chi connectivity index (χ1v) is 6.87. The van der Waals surface area contributed by atoms with Gasteiger partial charge in [0.15, 0.2) is 5.16 Å². The third-order valence-corrected chi connectivity index (χ3v) is 3.10. The molecule has 5 nitrogen and oxygen atoms in total. The predicted molar refractivity (Wildman–Crippen MR) is 75.5 cm³/mol. The summed E-state index contributed by atoms with van der Waals surface area (Å²) >= 11 is 7.13. The molecule has 0 atom stereocenters. The van der Waals surface area contributed by atoms with Crippen molar-refractivity contribution in [1.82, 2.24) is 9.97 Å². The standard InChI is InChI=1S/C12H10ClN3O2S/c1-19-12-14-6-9(11(17)18)10(16-12)15-8-4-2-7(13)3-5-8/h2-6H,1H3,(H,17,18)(H,14,15,16). The third kappa shape index (κ3) is 3.36. The summed E-state index contributed by atoms with van der Waals surface area (Å²) in [6.07, 6.45) is 3.11. The van der Waals surface area contributed by atoms with Crippen LogP contribution in [0.2, 0.25) is 5.02 Å². The molecular weight excluding hydrogens is 286 g/mol. The summed E-state index contributed by atoms with van der Waals surface area (Å²) in [5.41, 5.74) is 0.727. The third-order valence-electron chi connectivity index (χ3n) is 2.29. The molecular formula is C12H10ClN3O2S. The van der Waals surface area contributed by atoms with Crippen LogP contribution in [0.3, 0.4) is 0 Å². The molecule has 1 aromatic heterocycles. The Morgan fingerprint density at radius 3 is 2.63 bits per heavy atom. The van der Waals surface area contributed by atoms with Crippen LogP contribution in [0.4, 0.5) is 11.5 Å². The first-order chi connectivity index (χ1) is 9.10. The Bertz CT molecular complexity index is 604. The maximum absolute atomic E-state index is 11.1. The molecule has 0 radical (unpaired) electrons. The molecule has 0 aliphatic rings. The lowest BCUT2D eigenvalue weighted by molar-refractivity contribution is 0.0697. The van der Waals surface area contributed by atoms with Crippen LogP contribution in [0.25, 0.3) is 0 Å². The van der Waals surface area contributed by atoms with Crippen molar-refractivity contribution in [1.29, 1.82) is 0 Å². The summed E-state index contributed by atoms with van der Waals surface area (Å²) in [5.74, 6) is -0.821. The molecule has 98 valence electrons. The van der Waals surface area contributed by atoms with Crippen LogP contribution in [0.1, 0.15) is 10.4 Å². The van der Waals surface area contributed by atoms with Crippen LogP contribution in [0.5, 0.6) is 0 Å². The zero-order valence-corrected chi connectivity index (χ0v) is 11.5. The molecule has 2 rings (SSSR count). The molecule has 19 heavy (non-hydrogen) atoms. The van der Waals surface area contributed by atoms with Crippen LogP contribution >= 0.6 is 23.4 Å². The van der Waals surface area contributed by atoms with E-state index in [0.717, 1.165) is 0 Å². The Morgan fingerprint density at radius 1 is 1.37 bits per heavy atom. The quantitative estimate of drug-likeness (QED) is 0.666. The Labute approximate surface area is 119 Å². The van der Waals surface area contributed by atoms with Gasteiger partial charge in [-0.15, -0.1) is 0 Å². The number of aromatic nitrogens is 2. The number of nitrogens with zero attached hydrogens (tertiary/aromatic N) is 2. The minimum Gasteiger partial charge on any atom is -0.477 e. The van der Waals surface area contributed by atoms with Gasteiger partial charge >= 0.3 is 5.97 Å². The van der Waals surface area contributed by atoms with Gasteiger partial charge in [-0.25, -0.2) is 14.8 Å². The van der Waals surface area contributed by atoms with Crippen LogP contribution < -0.4 is 5.32 Å². The van der Waals surface area contributed by atoms with E-state index in [0.29, 0.717) is 15.9 Å². The lowest BCUT2D eigenvalue weighted by Crippen LogP contribution is -2.06. The summed E-state index contributed by atoms with van der Waals surface area (Å²) < 4.78 is 0. The fraction of sp³-hybridized carbons (Fsp3) is 0.0833. The number of carbonyl (C=O) groups is 1. The van der Waals surface area contributed by atoms with Crippen LogP contribution in [-0.4, -0.2) is 27.3 Å². The molecule has 0 saturated heterocycles. The molecule has 1 aromatic carbocycles. The molecule has 0 aliphatic carbocycles. The average molecular weight is 296 g/mol. The van der Waals surface area contributed by atoms with E-state index >= 15 is 0 Å². The molecule has 0 spiro atoms. The van der Waals surface area contributed by atoms with Crippen molar-refractivity contribution in [3.8, 4) is 0 Å². The Balaban J connectivity index is 2.36. The number of benzene rings is 1. The van der Waals surface area contributed by atoms with E-state index in [2.05, 4.69) is 15.3 Å². The molecule has 2 N–H and O–H groups in total. The summed E-state index contributed by atoms with van der Waals surface area (Å²) in [6, 6.07) is 6.91. The van der Waals surface area contributed by atoms with Crippen molar-refractivity contribution >= 4 is 40.8 Å². The zero-order valence-electron chi connectivity index (χ0n) is 9.92. The van der Waals surface area contributed by atoms with Gasteiger partial charge in [0.25, 0.3) is 0 Å². The maximum atomic E-state index is 11.1. The molecule has 2 aromatic rings. The number of nitrogens with one attached hydrogen (secondary N) is 1. The average Bonchev–Trinajstić information content (AvgIpc) is 2.41. The Kier molecular flexibility index (Phi) is 4.24. The number of halogens is 1. The summed E-state index contributed by atoms with van der Waals surface area (Å²) in [7, 11) is 0. The number of aromatic carboxylic acids is 1. The SMILES string of the molecule is CSc1ncc(C(=O)O)c(Nc2ccc(Cl)cc2)n1. The minimum absolute atomic E-state index is 0.0211. The number of rotatable bonds is 4. The summed E-state index contributed by atoms with van der Waals surface area (Å²) in [6.45, 7) is 0. The van der Waals surface area contributed by atoms with Crippen LogP contribution in [0, 0.1) is 0 Å². The van der Waals surface area contributed by atoms with Crippen LogP contribution in [-0.2, 0) is 0 Å². The zero-order chi connectivity index (χ0) is 13.8. The fourth-order valence-electron chi connectivity index (χ4n) is 1.39. The van der Waals surface area contributed by atoms with E-state index in [9.17, 15) is 4.79 Å². The highest BCUT2D eigenvalue weighted by atomic mass is 35.5. The van der Waals surface area contributed by atoms with Crippen molar-refractivity contribution in [2.24, 2.45) is 0 Å². The van der Waals surface area contributed by atoms with E-state index in [4.69, 9.17) is 16.7 Å². The molecule has 0 unspecified atom stereocenters. The first-order valence-electron chi connectivity index (χ1n) is 5.27. The second kappa shape index (κ2) is 5.90. The number of thioether (sulfide) groups is 1. The van der Waals surface area contributed by atoms with Gasteiger partial charge in [-0.05, 0) is 30.5 Å². The molecule has 0 bridgehead atoms. The number of carboxylic acids is 1. The molecule has 7 heteroatoms. The van der Waals surface area contributed by atoms with Gasteiger partial charge in [0.2, 0.25) is 0 Å². The fourth-order valence-corrected chi connectivity index (χ4v) is 1.85. The van der Waals surface area contributed by atoms with Gasteiger partial charge in [-0.1, -0.05) is 23.4 Å². The molecule has 0 aliphatic heterocycles. The van der Waals surface area contributed by atoms with Crippen molar-refractivity contribution in [3.05, 3.63) is 41.0 Å².